The van der Waals surface area contributed by atoms with Gasteiger partial charge in [-0.05, 0) is 29.8 Å². The van der Waals surface area contributed by atoms with Crippen LogP contribution in [0.3, 0.4) is 0 Å². The lowest BCUT2D eigenvalue weighted by Gasteiger charge is -2.46. The molecule has 1 unspecified atom stereocenters. The lowest BCUT2D eigenvalue weighted by Crippen LogP contribution is -2.58. The van der Waals surface area contributed by atoms with Gasteiger partial charge in [-0.25, -0.2) is 0 Å². The van der Waals surface area contributed by atoms with Gasteiger partial charge < -0.3 is 9.80 Å². The second kappa shape index (κ2) is 5.85. The second-order valence-corrected chi connectivity index (χ2v) is 6.79. The van der Waals surface area contributed by atoms with E-state index in [1.165, 1.54) is 0 Å². The summed E-state index contributed by atoms with van der Waals surface area (Å²) in [7, 11) is 0. The average Bonchev–Trinajstić information content (AvgIpc) is 3.02. The zero-order valence-electron chi connectivity index (χ0n) is 13.9. The monoisotopic (exact) mass is 355 g/mol. The van der Waals surface area contributed by atoms with Gasteiger partial charge in [0, 0.05) is 37.2 Å². The smallest absolute Gasteiger partial charge is 0.257 e. The van der Waals surface area contributed by atoms with Crippen LogP contribution in [0.5, 0.6) is 0 Å². The van der Waals surface area contributed by atoms with Crippen molar-refractivity contribution < 1.29 is 9.59 Å². The Morgan fingerprint density at radius 3 is 2.72 bits per heavy atom. The topological polar surface area (TPSA) is 53.5 Å². The molecule has 3 heterocycles. The van der Waals surface area contributed by atoms with E-state index in [1.807, 2.05) is 28.9 Å². The quantitative estimate of drug-likeness (QED) is 0.832. The lowest BCUT2D eigenvalue weighted by molar-refractivity contribution is -0.139. The van der Waals surface area contributed by atoms with Crippen molar-refractivity contribution in [1.82, 2.24) is 14.8 Å². The zero-order valence-corrected chi connectivity index (χ0v) is 14.7. The summed E-state index contributed by atoms with van der Waals surface area (Å²) < 4.78 is 0. The maximum Gasteiger partial charge on any atom is 0.257 e. The molecule has 0 saturated carbocycles. The average molecular weight is 356 g/mol. The normalized spacial score (nSPS) is 21.9. The molecule has 0 radical (unpaired) electrons. The predicted octanol–water partition coefficient (Wildman–Crippen LogP) is 2.84. The molecule has 0 spiro atoms. The molecular weight excluding hydrogens is 338 g/mol. The Labute approximate surface area is 151 Å². The number of halogens is 1. The first-order valence-electron chi connectivity index (χ1n) is 8.40. The predicted molar refractivity (Wildman–Crippen MR) is 94.1 cm³/mol. The fourth-order valence-corrected chi connectivity index (χ4v) is 4.11. The van der Waals surface area contributed by atoms with Crippen LogP contribution in [0.1, 0.15) is 35.0 Å². The summed E-state index contributed by atoms with van der Waals surface area (Å²) in [6, 6.07) is 11.0. The molecule has 0 N–H and O–H groups in total. The Balaban J connectivity index is 1.93. The maximum atomic E-state index is 13.1. The largest absolute Gasteiger partial charge is 0.313 e. The number of hydrogen-bond donors (Lipinski definition) is 0. The van der Waals surface area contributed by atoms with E-state index in [1.54, 1.807) is 30.5 Å². The summed E-state index contributed by atoms with van der Waals surface area (Å²) in [5.41, 5.74) is 1.42. The van der Waals surface area contributed by atoms with Crippen LogP contribution < -0.4 is 0 Å². The van der Waals surface area contributed by atoms with E-state index in [2.05, 4.69) is 4.98 Å². The maximum absolute atomic E-state index is 13.1. The molecule has 4 rings (SSSR count). The minimum atomic E-state index is -0.823. The number of aromatic nitrogens is 1. The summed E-state index contributed by atoms with van der Waals surface area (Å²) in [4.78, 5) is 33.9. The Morgan fingerprint density at radius 2 is 2.00 bits per heavy atom. The molecule has 128 valence electrons. The van der Waals surface area contributed by atoms with E-state index in [0.717, 1.165) is 11.3 Å². The van der Waals surface area contributed by atoms with E-state index in [9.17, 15) is 9.59 Å². The van der Waals surface area contributed by atoms with Crippen molar-refractivity contribution in [2.75, 3.05) is 13.1 Å². The van der Waals surface area contributed by atoms with E-state index >= 15 is 0 Å². The van der Waals surface area contributed by atoms with Crippen molar-refractivity contribution in [3.63, 3.8) is 0 Å². The number of pyridine rings is 1. The molecule has 6 heteroatoms. The van der Waals surface area contributed by atoms with E-state index in [0.29, 0.717) is 36.5 Å². The zero-order chi connectivity index (χ0) is 17.6. The van der Waals surface area contributed by atoms with Crippen molar-refractivity contribution in [2.24, 2.45) is 0 Å². The fourth-order valence-electron chi connectivity index (χ4n) is 3.98. The summed E-state index contributed by atoms with van der Waals surface area (Å²) in [5.74, 6) is -0.0414. The van der Waals surface area contributed by atoms with Gasteiger partial charge in [-0.2, -0.15) is 0 Å². The highest BCUT2D eigenvalue weighted by atomic mass is 35.5. The molecule has 2 aliphatic rings. The van der Waals surface area contributed by atoms with E-state index in [4.69, 9.17) is 11.6 Å². The van der Waals surface area contributed by atoms with Gasteiger partial charge in [-0.1, -0.05) is 30.7 Å². The van der Waals surface area contributed by atoms with Crippen LogP contribution in [0.25, 0.3) is 0 Å². The van der Waals surface area contributed by atoms with Crippen LogP contribution >= 0.6 is 11.6 Å². The molecule has 1 aromatic heterocycles. The first-order chi connectivity index (χ1) is 12.1. The Bertz CT molecular complexity index is 852. The molecular formula is C19H18ClN3O2. The number of carbonyl (C=O) groups is 2. The molecule has 0 bridgehead atoms. The van der Waals surface area contributed by atoms with Crippen molar-refractivity contribution in [1.29, 1.82) is 0 Å². The number of hydrogen-bond acceptors (Lipinski definition) is 3. The number of benzene rings is 1. The van der Waals surface area contributed by atoms with Crippen LogP contribution in [-0.2, 0) is 16.9 Å². The number of amides is 2. The van der Waals surface area contributed by atoms with Gasteiger partial charge in [0.15, 0.2) is 0 Å². The summed E-state index contributed by atoms with van der Waals surface area (Å²) in [5, 5.41) is 0.624. The van der Waals surface area contributed by atoms with Crippen LogP contribution in [-0.4, -0.2) is 39.7 Å². The highest BCUT2D eigenvalue weighted by Crippen LogP contribution is 2.44. The van der Waals surface area contributed by atoms with Gasteiger partial charge in [0.2, 0.25) is 5.91 Å². The molecule has 5 nitrogen and oxygen atoms in total. The van der Waals surface area contributed by atoms with Crippen molar-refractivity contribution in [3.05, 3.63) is 64.4 Å². The minimum Gasteiger partial charge on any atom is -0.313 e. The number of rotatable bonds is 2. The molecule has 2 amide bonds. The second-order valence-electron chi connectivity index (χ2n) is 6.35. The lowest BCUT2D eigenvalue weighted by atomic mass is 9.86. The highest BCUT2D eigenvalue weighted by Gasteiger charge is 2.55. The van der Waals surface area contributed by atoms with Crippen molar-refractivity contribution >= 4 is 23.4 Å². The van der Waals surface area contributed by atoms with Gasteiger partial charge in [-0.3, -0.25) is 14.6 Å². The number of fused-ring (bicyclic) bond motifs is 2. The molecule has 1 fully saturated rings. The molecule has 1 aromatic carbocycles. The standard InChI is InChI=1S/C19H18ClN3O2/c1-2-17(24)22-10-11-23-18(25)15-4-3-9-21-16(15)12-19(22,23)13-5-7-14(20)8-6-13/h3-9H,2,10-12H2,1H3. The SMILES string of the molecule is CCC(=O)N1CCN2C(=O)c3cccnc3CC12c1ccc(Cl)cc1. The first-order valence-corrected chi connectivity index (χ1v) is 8.78. The van der Waals surface area contributed by atoms with E-state index < -0.39 is 5.66 Å². The Hall–Kier alpha value is -2.40. The van der Waals surface area contributed by atoms with Crippen LogP contribution in [0.15, 0.2) is 42.6 Å². The third-order valence-corrected chi connectivity index (χ3v) is 5.38. The Morgan fingerprint density at radius 1 is 1.24 bits per heavy atom. The van der Waals surface area contributed by atoms with Gasteiger partial charge in [0.25, 0.3) is 5.91 Å². The molecule has 1 atom stereocenters. The molecule has 25 heavy (non-hydrogen) atoms. The van der Waals surface area contributed by atoms with Crippen molar-refractivity contribution in [2.45, 2.75) is 25.4 Å². The van der Waals surface area contributed by atoms with Crippen LogP contribution in [0, 0.1) is 0 Å². The molecule has 0 aliphatic carbocycles. The van der Waals surface area contributed by atoms with Gasteiger partial charge >= 0.3 is 0 Å². The third-order valence-electron chi connectivity index (χ3n) is 5.13. The third kappa shape index (κ3) is 2.26. The van der Waals surface area contributed by atoms with Gasteiger partial charge in [0.05, 0.1) is 11.3 Å². The van der Waals surface area contributed by atoms with E-state index in [-0.39, 0.29) is 11.8 Å². The minimum absolute atomic E-state index is 0.0321. The van der Waals surface area contributed by atoms with Gasteiger partial charge in [-0.15, -0.1) is 0 Å². The first kappa shape index (κ1) is 16.1. The number of carbonyl (C=O) groups excluding carboxylic acids is 2. The van der Waals surface area contributed by atoms with Crippen LogP contribution in [0.4, 0.5) is 0 Å². The summed E-state index contributed by atoms with van der Waals surface area (Å²) >= 11 is 6.05. The Kier molecular flexibility index (Phi) is 3.76. The van der Waals surface area contributed by atoms with Crippen LogP contribution in [0.2, 0.25) is 5.02 Å². The molecule has 2 aliphatic heterocycles. The highest BCUT2D eigenvalue weighted by molar-refractivity contribution is 6.30. The summed E-state index contributed by atoms with van der Waals surface area (Å²) in [6.07, 6.45) is 2.58. The molecule has 2 aromatic rings. The summed E-state index contributed by atoms with van der Waals surface area (Å²) in [6.45, 7) is 2.88. The van der Waals surface area contributed by atoms with Crippen molar-refractivity contribution in [3.8, 4) is 0 Å². The number of nitrogens with zero attached hydrogens (tertiary/aromatic N) is 3. The molecule has 1 saturated heterocycles. The van der Waals surface area contributed by atoms with Gasteiger partial charge in [0.1, 0.15) is 5.66 Å². The fraction of sp³-hybridized carbons (Fsp3) is 0.316.